The van der Waals surface area contributed by atoms with Gasteiger partial charge in [0.2, 0.25) is 0 Å². The van der Waals surface area contributed by atoms with Crippen LogP contribution in [0.3, 0.4) is 0 Å². The SMILES string of the molecule is CCc1ccc(NSc2ccccc2)cc1C. The van der Waals surface area contributed by atoms with Crippen LogP contribution in [0.1, 0.15) is 18.1 Å². The van der Waals surface area contributed by atoms with E-state index in [1.807, 2.05) is 6.07 Å². The molecule has 88 valence electrons. The van der Waals surface area contributed by atoms with Crippen LogP contribution in [0.2, 0.25) is 0 Å². The number of rotatable bonds is 4. The van der Waals surface area contributed by atoms with E-state index in [1.165, 1.54) is 16.0 Å². The van der Waals surface area contributed by atoms with Gasteiger partial charge in [0.25, 0.3) is 0 Å². The van der Waals surface area contributed by atoms with Gasteiger partial charge in [-0.25, -0.2) is 0 Å². The van der Waals surface area contributed by atoms with E-state index in [1.54, 1.807) is 11.9 Å². The minimum Gasteiger partial charge on any atom is -0.326 e. The first-order valence-electron chi connectivity index (χ1n) is 5.87. The van der Waals surface area contributed by atoms with Crippen molar-refractivity contribution in [3.63, 3.8) is 0 Å². The number of hydrogen-bond donors (Lipinski definition) is 1. The van der Waals surface area contributed by atoms with Crippen molar-refractivity contribution in [3.8, 4) is 0 Å². The van der Waals surface area contributed by atoms with E-state index in [0.29, 0.717) is 0 Å². The fourth-order valence-corrected chi connectivity index (χ4v) is 2.42. The van der Waals surface area contributed by atoms with Crippen LogP contribution in [0.5, 0.6) is 0 Å². The molecule has 1 nitrogen and oxygen atoms in total. The van der Waals surface area contributed by atoms with Crippen molar-refractivity contribution in [2.24, 2.45) is 0 Å². The third-order valence-electron chi connectivity index (χ3n) is 2.75. The number of hydrogen-bond acceptors (Lipinski definition) is 2. The van der Waals surface area contributed by atoms with E-state index in [2.05, 4.69) is 61.0 Å². The van der Waals surface area contributed by atoms with Gasteiger partial charge in [-0.1, -0.05) is 31.2 Å². The second-order valence-corrected chi connectivity index (χ2v) is 4.89. The van der Waals surface area contributed by atoms with Crippen molar-refractivity contribution in [2.75, 3.05) is 4.72 Å². The number of aryl methyl sites for hydroxylation is 2. The Morgan fingerprint density at radius 2 is 1.82 bits per heavy atom. The van der Waals surface area contributed by atoms with Crippen molar-refractivity contribution in [2.45, 2.75) is 25.2 Å². The van der Waals surface area contributed by atoms with E-state index in [4.69, 9.17) is 0 Å². The van der Waals surface area contributed by atoms with Gasteiger partial charge in [-0.05, 0) is 60.7 Å². The molecule has 0 aliphatic heterocycles. The molecular formula is C15H17NS. The second kappa shape index (κ2) is 5.78. The first-order valence-corrected chi connectivity index (χ1v) is 6.68. The van der Waals surface area contributed by atoms with Crippen LogP contribution in [0.15, 0.2) is 53.4 Å². The maximum atomic E-state index is 3.37. The lowest BCUT2D eigenvalue weighted by Crippen LogP contribution is -1.91. The Balaban J connectivity index is 2.02. The van der Waals surface area contributed by atoms with Crippen LogP contribution >= 0.6 is 11.9 Å². The summed E-state index contributed by atoms with van der Waals surface area (Å²) in [6.45, 7) is 4.35. The molecule has 0 saturated carbocycles. The quantitative estimate of drug-likeness (QED) is 0.783. The van der Waals surface area contributed by atoms with Crippen LogP contribution in [0.25, 0.3) is 0 Å². The standard InChI is InChI=1S/C15H17NS/c1-3-13-9-10-14(11-12(13)2)16-17-15-7-5-4-6-8-15/h4-11,16H,3H2,1-2H3. The molecule has 0 fully saturated rings. The summed E-state index contributed by atoms with van der Waals surface area (Å²) < 4.78 is 3.37. The van der Waals surface area contributed by atoms with Gasteiger partial charge < -0.3 is 4.72 Å². The summed E-state index contributed by atoms with van der Waals surface area (Å²) in [6, 6.07) is 16.9. The van der Waals surface area contributed by atoms with Crippen molar-refractivity contribution in [1.29, 1.82) is 0 Å². The highest BCUT2D eigenvalue weighted by Gasteiger charge is 1.98. The number of anilines is 1. The van der Waals surface area contributed by atoms with Crippen molar-refractivity contribution >= 4 is 17.6 Å². The molecular weight excluding hydrogens is 226 g/mol. The lowest BCUT2D eigenvalue weighted by atomic mass is 10.1. The fraction of sp³-hybridized carbons (Fsp3) is 0.200. The first kappa shape index (κ1) is 12.1. The molecule has 0 spiro atoms. The molecule has 0 radical (unpaired) electrons. The summed E-state index contributed by atoms with van der Waals surface area (Å²) >= 11 is 1.65. The highest BCUT2D eigenvalue weighted by Crippen LogP contribution is 2.22. The molecule has 0 aliphatic rings. The molecule has 2 rings (SSSR count). The molecule has 0 amide bonds. The van der Waals surface area contributed by atoms with Gasteiger partial charge >= 0.3 is 0 Å². The Morgan fingerprint density at radius 3 is 2.47 bits per heavy atom. The molecule has 0 unspecified atom stereocenters. The molecule has 0 bridgehead atoms. The van der Waals surface area contributed by atoms with Crippen molar-refractivity contribution in [3.05, 3.63) is 59.7 Å². The van der Waals surface area contributed by atoms with Gasteiger partial charge in [0.15, 0.2) is 0 Å². The van der Waals surface area contributed by atoms with Crippen molar-refractivity contribution in [1.82, 2.24) is 0 Å². The van der Waals surface area contributed by atoms with Crippen molar-refractivity contribution < 1.29 is 0 Å². The van der Waals surface area contributed by atoms with E-state index < -0.39 is 0 Å². The summed E-state index contributed by atoms with van der Waals surface area (Å²) in [4.78, 5) is 1.23. The number of benzene rings is 2. The van der Waals surface area contributed by atoms with Gasteiger partial charge in [0.05, 0.1) is 0 Å². The van der Waals surface area contributed by atoms with E-state index in [-0.39, 0.29) is 0 Å². The lowest BCUT2D eigenvalue weighted by molar-refractivity contribution is 1.11. The van der Waals surface area contributed by atoms with Crippen LogP contribution in [0.4, 0.5) is 5.69 Å². The zero-order valence-corrected chi connectivity index (χ0v) is 11.1. The van der Waals surface area contributed by atoms with E-state index in [9.17, 15) is 0 Å². The predicted octanol–water partition coefficient (Wildman–Crippen LogP) is 4.68. The molecule has 17 heavy (non-hydrogen) atoms. The normalized spacial score (nSPS) is 10.2. The molecule has 0 atom stereocenters. The Bertz CT molecular complexity index is 480. The maximum Gasteiger partial charge on any atom is 0.0446 e. The van der Waals surface area contributed by atoms with Gasteiger partial charge in [0, 0.05) is 10.6 Å². The molecule has 2 heteroatoms. The summed E-state index contributed by atoms with van der Waals surface area (Å²) in [5.41, 5.74) is 3.93. The average molecular weight is 243 g/mol. The van der Waals surface area contributed by atoms with E-state index in [0.717, 1.165) is 12.1 Å². The molecule has 1 N–H and O–H groups in total. The Hall–Kier alpha value is -1.41. The average Bonchev–Trinajstić information content (AvgIpc) is 2.38. The fourth-order valence-electron chi connectivity index (χ4n) is 1.76. The van der Waals surface area contributed by atoms with Gasteiger partial charge in [0.1, 0.15) is 0 Å². The van der Waals surface area contributed by atoms with Gasteiger partial charge in [-0.15, -0.1) is 0 Å². The van der Waals surface area contributed by atoms with Crippen LogP contribution in [0, 0.1) is 6.92 Å². The monoisotopic (exact) mass is 243 g/mol. The Kier molecular flexibility index (Phi) is 4.10. The van der Waals surface area contributed by atoms with Gasteiger partial charge in [-0.2, -0.15) is 0 Å². The smallest absolute Gasteiger partial charge is 0.0446 e. The summed E-state index contributed by atoms with van der Waals surface area (Å²) in [6.07, 6.45) is 1.10. The minimum absolute atomic E-state index is 1.10. The summed E-state index contributed by atoms with van der Waals surface area (Å²) in [5, 5.41) is 0. The lowest BCUT2D eigenvalue weighted by Gasteiger charge is -2.08. The minimum atomic E-state index is 1.10. The Labute approximate surface area is 107 Å². The van der Waals surface area contributed by atoms with Crippen LogP contribution in [-0.4, -0.2) is 0 Å². The summed E-state index contributed by atoms with van der Waals surface area (Å²) in [5.74, 6) is 0. The Morgan fingerprint density at radius 1 is 1.06 bits per heavy atom. The first-order chi connectivity index (χ1) is 8.29. The third-order valence-corrected chi connectivity index (χ3v) is 3.60. The zero-order valence-electron chi connectivity index (χ0n) is 10.2. The maximum absolute atomic E-state index is 3.37. The molecule has 0 aliphatic carbocycles. The zero-order chi connectivity index (χ0) is 12.1. The largest absolute Gasteiger partial charge is 0.326 e. The molecule has 2 aromatic carbocycles. The van der Waals surface area contributed by atoms with Crippen LogP contribution < -0.4 is 4.72 Å². The molecule has 0 heterocycles. The molecule has 0 aromatic heterocycles. The molecule has 2 aromatic rings. The third kappa shape index (κ3) is 3.27. The predicted molar refractivity (Wildman–Crippen MR) is 76.5 cm³/mol. The summed E-state index contributed by atoms with van der Waals surface area (Å²) in [7, 11) is 0. The molecule has 0 saturated heterocycles. The van der Waals surface area contributed by atoms with Gasteiger partial charge in [-0.3, -0.25) is 0 Å². The topological polar surface area (TPSA) is 12.0 Å². The number of nitrogens with one attached hydrogen (secondary N) is 1. The second-order valence-electron chi connectivity index (χ2n) is 4.01. The highest BCUT2D eigenvalue weighted by atomic mass is 32.2. The van der Waals surface area contributed by atoms with Crippen LogP contribution in [-0.2, 0) is 6.42 Å². The highest BCUT2D eigenvalue weighted by molar-refractivity contribution is 8.00. The van der Waals surface area contributed by atoms with E-state index >= 15 is 0 Å².